The molecule has 1 heterocycles. The van der Waals surface area contributed by atoms with Crippen molar-refractivity contribution in [1.82, 2.24) is 4.90 Å². The Morgan fingerprint density at radius 3 is 2.85 bits per heavy atom. The minimum absolute atomic E-state index is 0.667. The van der Waals surface area contributed by atoms with Gasteiger partial charge in [0.1, 0.15) is 18.1 Å². The molecule has 1 aliphatic rings. The second-order valence-corrected chi connectivity index (χ2v) is 5.20. The molecule has 2 N–H and O–H groups in total. The van der Waals surface area contributed by atoms with Crippen LogP contribution < -0.4 is 10.5 Å². The van der Waals surface area contributed by atoms with Crippen LogP contribution in [0.15, 0.2) is 47.1 Å². The zero-order chi connectivity index (χ0) is 13.8. The molecule has 0 unspecified atom stereocenters. The molecular weight excluding hydrogens is 252 g/mol. The van der Waals surface area contributed by atoms with E-state index in [1.165, 1.54) is 12.8 Å². The van der Waals surface area contributed by atoms with Crippen LogP contribution in [0.2, 0.25) is 0 Å². The Bertz CT molecular complexity index is 535. The van der Waals surface area contributed by atoms with Gasteiger partial charge in [-0.15, -0.1) is 0 Å². The van der Waals surface area contributed by atoms with E-state index >= 15 is 0 Å². The van der Waals surface area contributed by atoms with Crippen LogP contribution in [-0.4, -0.2) is 24.1 Å². The molecule has 20 heavy (non-hydrogen) atoms. The van der Waals surface area contributed by atoms with Crippen LogP contribution in [0.3, 0.4) is 0 Å². The third kappa shape index (κ3) is 3.54. The first-order chi connectivity index (χ1) is 9.81. The van der Waals surface area contributed by atoms with Gasteiger partial charge in [-0.1, -0.05) is 6.07 Å². The van der Waals surface area contributed by atoms with Gasteiger partial charge in [0.05, 0.1) is 12.8 Å². The first kappa shape index (κ1) is 13.1. The molecule has 106 valence electrons. The summed E-state index contributed by atoms with van der Waals surface area (Å²) in [6.07, 6.45) is 4.28. The topological polar surface area (TPSA) is 51.6 Å². The van der Waals surface area contributed by atoms with Crippen LogP contribution in [0.1, 0.15) is 18.6 Å². The van der Waals surface area contributed by atoms with Crippen molar-refractivity contribution in [2.45, 2.75) is 25.4 Å². The summed E-state index contributed by atoms with van der Waals surface area (Å²) in [5, 5.41) is 0. The summed E-state index contributed by atoms with van der Waals surface area (Å²) in [4.78, 5) is 2.42. The molecule has 2 aromatic rings. The molecule has 3 rings (SSSR count). The molecule has 1 aromatic carbocycles. The van der Waals surface area contributed by atoms with E-state index in [9.17, 15) is 0 Å². The lowest BCUT2D eigenvalue weighted by Crippen LogP contribution is -2.30. The number of ether oxygens (including phenoxy) is 1. The van der Waals surface area contributed by atoms with E-state index < -0.39 is 0 Å². The maximum absolute atomic E-state index is 5.76. The summed E-state index contributed by atoms with van der Waals surface area (Å²) in [5.41, 5.74) is 6.47. The van der Waals surface area contributed by atoms with Gasteiger partial charge in [-0.05, 0) is 37.1 Å². The average molecular weight is 272 g/mol. The standard InChI is InChI=1S/C16H20N2O2/c17-13-3-1-4-15(11-13)20-10-8-18(14-6-7-14)12-16-5-2-9-19-16/h1-5,9,11,14H,6-8,10,12,17H2. The largest absolute Gasteiger partial charge is 0.492 e. The van der Waals surface area contributed by atoms with Crippen LogP contribution in [-0.2, 0) is 6.54 Å². The van der Waals surface area contributed by atoms with E-state index in [2.05, 4.69) is 4.90 Å². The monoisotopic (exact) mass is 272 g/mol. The van der Waals surface area contributed by atoms with Gasteiger partial charge in [0.25, 0.3) is 0 Å². The highest BCUT2D eigenvalue weighted by atomic mass is 16.5. The summed E-state index contributed by atoms with van der Waals surface area (Å²) in [6.45, 7) is 2.43. The van der Waals surface area contributed by atoms with Gasteiger partial charge in [-0.3, -0.25) is 4.90 Å². The first-order valence-electron chi connectivity index (χ1n) is 7.06. The molecule has 1 aliphatic carbocycles. The van der Waals surface area contributed by atoms with Crippen molar-refractivity contribution in [2.24, 2.45) is 0 Å². The summed E-state index contributed by atoms with van der Waals surface area (Å²) < 4.78 is 11.2. The summed E-state index contributed by atoms with van der Waals surface area (Å²) in [5.74, 6) is 1.85. The minimum Gasteiger partial charge on any atom is -0.492 e. The smallest absolute Gasteiger partial charge is 0.121 e. The molecule has 1 fully saturated rings. The van der Waals surface area contributed by atoms with Crippen LogP contribution in [0.5, 0.6) is 5.75 Å². The van der Waals surface area contributed by atoms with Gasteiger partial charge in [-0.2, -0.15) is 0 Å². The number of anilines is 1. The Kier molecular flexibility index (Phi) is 3.92. The molecule has 0 atom stereocenters. The van der Waals surface area contributed by atoms with Crippen LogP contribution in [0.25, 0.3) is 0 Å². The number of hydrogen-bond donors (Lipinski definition) is 1. The SMILES string of the molecule is Nc1cccc(OCCN(Cc2ccco2)C2CC2)c1. The Morgan fingerprint density at radius 2 is 2.15 bits per heavy atom. The van der Waals surface area contributed by atoms with Crippen LogP contribution >= 0.6 is 0 Å². The Labute approximate surface area is 119 Å². The van der Waals surface area contributed by atoms with Crippen molar-refractivity contribution in [2.75, 3.05) is 18.9 Å². The first-order valence-corrected chi connectivity index (χ1v) is 7.06. The zero-order valence-electron chi connectivity index (χ0n) is 11.5. The van der Waals surface area contributed by atoms with Crippen molar-refractivity contribution in [3.05, 3.63) is 48.4 Å². The van der Waals surface area contributed by atoms with Gasteiger partial charge in [0.15, 0.2) is 0 Å². The maximum atomic E-state index is 5.76. The fraction of sp³-hybridized carbons (Fsp3) is 0.375. The molecule has 4 nitrogen and oxygen atoms in total. The summed E-state index contributed by atoms with van der Waals surface area (Å²) in [7, 11) is 0. The van der Waals surface area contributed by atoms with E-state index in [1.807, 2.05) is 36.4 Å². The summed E-state index contributed by atoms with van der Waals surface area (Å²) >= 11 is 0. The van der Waals surface area contributed by atoms with Crippen LogP contribution in [0, 0.1) is 0 Å². The number of rotatable bonds is 7. The van der Waals surface area contributed by atoms with Crippen molar-refractivity contribution >= 4 is 5.69 Å². The number of benzene rings is 1. The lowest BCUT2D eigenvalue weighted by molar-refractivity contribution is 0.184. The third-order valence-electron chi connectivity index (χ3n) is 3.51. The highest BCUT2D eigenvalue weighted by molar-refractivity contribution is 5.43. The van der Waals surface area contributed by atoms with E-state index in [0.29, 0.717) is 12.6 Å². The molecule has 0 aliphatic heterocycles. The van der Waals surface area contributed by atoms with Crippen LogP contribution in [0.4, 0.5) is 5.69 Å². The highest BCUT2D eigenvalue weighted by Gasteiger charge is 2.29. The minimum atomic E-state index is 0.667. The van der Waals surface area contributed by atoms with Crippen molar-refractivity contribution in [3.63, 3.8) is 0 Å². The number of nitrogens with two attached hydrogens (primary N) is 1. The molecular formula is C16H20N2O2. The highest BCUT2D eigenvalue weighted by Crippen LogP contribution is 2.28. The second-order valence-electron chi connectivity index (χ2n) is 5.20. The third-order valence-corrected chi connectivity index (χ3v) is 3.51. The Hall–Kier alpha value is -1.94. The quantitative estimate of drug-likeness (QED) is 0.787. The Morgan fingerprint density at radius 1 is 1.25 bits per heavy atom. The molecule has 1 aromatic heterocycles. The number of nitrogen functional groups attached to an aromatic ring is 1. The molecule has 0 radical (unpaired) electrons. The van der Waals surface area contributed by atoms with E-state index in [0.717, 1.165) is 30.3 Å². The van der Waals surface area contributed by atoms with Gasteiger partial charge in [-0.25, -0.2) is 0 Å². The fourth-order valence-corrected chi connectivity index (χ4v) is 2.32. The summed E-state index contributed by atoms with van der Waals surface area (Å²) in [6, 6.07) is 12.2. The van der Waals surface area contributed by atoms with Crippen molar-refractivity contribution in [3.8, 4) is 5.75 Å². The lowest BCUT2D eigenvalue weighted by atomic mass is 10.3. The van der Waals surface area contributed by atoms with Gasteiger partial charge >= 0.3 is 0 Å². The fourth-order valence-electron chi connectivity index (χ4n) is 2.32. The predicted octanol–water partition coefficient (Wildman–Crippen LogP) is 2.91. The zero-order valence-corrected chi connectivity index (χ0v) is 11.5. The van der Waals surface area contributed by atoms with Gasteiger partial charge in [0.2, 0.25) is 0 Å². The molecule has 0 amide bonds. The molecule has 0 spiro atoms. The van der Waals surface area contributed by atoms with Crippen molar-refractivity contribution in [1.29, 1.82) is 0 Å². The predicted molar refractivity (Wildman–Crippen MR) is 78.5 cm³/mol. The van der Waals surface area contributed by atoms with E-state index in [-0.39, 0.29) is 0 Å². The normalized spacial score (nSPS) is 14.7. The molecule has 4 heteroatoms. The molecule has 0 saturated heterocycles. The van der Waals surface area contributed by atoms with Crippen molar-refractivity contribution < 1.29 is 9.15 Å². The number of furan rings is 1. The molecule has 0 bridgehead atoms. The Balaban J connectivity index is 1.50. The molecule has 1 saturated carbocycles. The average Bonchev–Trinajstić information content (AvgIpc) is 3.16. The van der Waals surface area contributed by atoms with E-state index in [4.69, 9.17) is 14.9 Å². The maximum Gasteiger partial charge on any atom is 0.121 e. The van der Waals surface area contributed by atoms with E-state index in [1.54, 1.807) is 6.26 Å². The number of nitrogens with zero attached hydrogens (tertiary/aromatic N) is 1. The number of hydrogen-bond acceptors (Lipinski definition) is 4. The van der Waals surface area contributed by atoms with Gasteiger partial charge < -0.3 is 14.9 Å². The lowest BCUT2D eigenvalue weighted by Gasteiger charge is -2.20. The van der Waals surface area contributed by atoms with Gasteiger partial charge in [0, 0.05) is 24.3 Å². The second kappa shape index (κ2) is 6.01.